The molecule has 0 N–H and O–H groups in total. The number of carbonyl (C=O) groups excluding carboxylic acids is 1. The van der Waals surface area contributed by atoms with E-state index in [1.165, 1.54) is 156 Å². The maximum Gasteiger partial charge on any atom is 0.339 e. The summed E-state index contributed by atoms with van der Waals surface area (Å²) in [6, 6.07) is 26.5. The fourth-order valence-corrected chi connectivity index (χ4v) is 16.8. The zero-order valence-electron chi connectivity index (χ0n) is 33.4. The molecule has 0 saturated carbocycles. The molecule has 16 aromatic carbocycles. The molecule has 1 aliphatic carbocycles. The van der Waals surface area contributed by atoms with E-state index in [4.69, 9.17) is 9.16 Å². The third-order valence-corrected chi connectivity index (χ3v) is 18.9. The van der Waals surface area contributed by atoms with Crippen LogP contribution in [0.15, 0.2) is 66.7 Å². The zero-order valence-corrected chi connectivity index (χ0v) is 34.4. The number of rotatable bonds is 7. The van der Waals surface area contributed by atoms with Crippen LogP contribution in [0.2, 0.25) is 19.1 Å². The first-order valence-electron chi connectivity index (χ1n) is 21.7. The molecule has 0 aromatic heterocycles. The Morgan fingerprint density at radius 3 is 1.22 bits per heavy atom. The Labute approximate surface area is 337 Å². The molecule has 17 rings (SSSR count). The van der Waals surface area contributed by atoms with E-state index >= 15 is 0 Å². The summed E-state index contributed by atoms with van der Waals surface area (Å²) >= 11 is 0. The lowest BCUT2D eigenvalue weighted by molar-refractivity contribution is -0.0136. The average molecular weight is 771 g/mol. The van der Waals surface area contributed by atoms with E-state index in [1.807, 2.05) is 32.0 Å². The number of aryl methyl sites for hydroxylation is 2. The fourth-order valence-electron chi connectivity index (χ4n) is 14.5. The highest BCUT2D eigenvalue weighted by Gasteiger charge is 2.47. The lowest BCUT2D eigenvalue weighted by Crippen LogP contribution is -2.36. The number of ether oxygens (including phenoxy) is 1. The van der Waals surface area contributed by atoms with Crippen LogP contribution in [-0.2, 0) is 9.16 Å². The molecule has 0 fully saturated rings. The molecule has 0 radical (unpaired) electrons. The second kappa shape index (κ2) is 8.77. The molecule has 59 heavy (non-hydrogen) atoms. The number of carbonyl (C=O) groups is 1. The summed E-state index contributed by atoms with van der Waals surface area (Å²) in [7, 11) is -2.29. The van der Waals surface area contributed by atoms with Gasteiger partial charge in [0.05, 0.1) is 5.56 Å². The van der Waals surface area contributed by atoms with Crippen molar-refractivity contribution in [3.05, 3.63) is 94.5 Å². The van der Waals surface area contributed by atoms with E-state index in [1.54, 1.807) is 0 Å². The predicted octanol–water partition coefficient (Wildman–Crippen LogP) is 15.7. The van der Waals surface area contributed by atoms with Gasteiger partial charge in [0, 0.05) is 11.1 Å². The number of benzene rings is 10. The van der Waals surface area contributed by atoms with Crippen molar-refractivity contribution in [3.63, 3.8) is 0 Å². The topological polar surface area (TPSA) is 35.5 Å². The molecule has 1 aliphatic rings. The lowest BCUT2D eigenvalue weighted by Gasteiger charge is -2.37. The van der Waals surface area contributed by atoms with Gasteiger partial charge in [0.2, 0.25) is 0 Å². The van der Waals surface area contributed by atoms with Crippen molar-refractivity contribution >= 4 is 165 Å². The highest BCUT2D eigenvalue weighted by atomic mass is 28.4. The van der Waals surface area contributed by atoms with E-state index < -0.39 is 20.5 Å². The smallest absolute Gasteiger partial charge is 0.339 e. The van der Waals surface area contributed by atoms with Crippen molar-refractivity contribution in [1.82, 2.24) is 0 Å². The fraction of sp³-hybridized carbons (Fsp3) is 0.182. The summed E-state index contributed by atoms with van der Waals surface area (Å²) in [4.78, 5) is 15.0. The van der Waals surface area contributed by atoms with E-state index in [-0.39, 0.29) is 5.97 Å². The van der Waals surface area contributed by atoms with Crippen molar-refractivity contribution < 1.29 is 14.0 Å². The Kier molecular flexibility index (Phi) is 4.46. The molecule has 16 aromatic rings. The Hall–Kier alpha value is -6.07. The highest BCUT2D eigenvalue weighted by Crippen LogP contribution is 2.70. The molecule has 0 heterocycles. The van der Waals surface area contributed by atoms with Gasteiger partial charge in [-0.1, -0.05) is 86.5 Å². The van der Waals surface area contributed by atoms with Gasteiger partial charge in [0.15, 0.2) is 14.4 Å². The monoisotopic (exact) mass is 770 g/mol. The predicted molar refractivity (Wildman–Crippen MR) is 251 cm³/mol. The van der Waals surface area contributed by atoms with Crippen molar-refractivity contribution in [2.45, 2.75) is 65.0 Å². The molecule has 3 nitrogen and oxygen atoms in total. The van der Waals surface area contributed by atoms with Crippen LogP contribution >= 0.6 is 0 Å². The van der Waals surface area contributed by atoms with Gasteiger partial charge < -0.3 is 9.16 Å². The Morgan fingerprint density at radius 1 is 0.475 bits per heavy atom. The maximum absolute atomic E-state index is 15.0. The first kappa shape index (κ1) is 30.0. The van der Waals surface area contributed by atoms with Gasteiger partial charge in [-0.05, 0) is 195 Å². The molecule has 2 atom stereocenters. The van der Waals surface area contributed by atoms with Crippen LogP contribution in [0.1, 0.15) is 64.6 Å². The lowest BCUT2D eigenvalue weighted by atomic mass is 9.85. The molecule has 2 unspecified atom stereocenters. The standard InChI is InChI=1S/C55H34O3Si/c1-6-7-19-59(4,5)58-54-40-29-18-16-27-25-14-12-23-22-11-13-24-26-15-17-28-37-35(26)42-33(24)31(22)41-32(23)34(25)43-36(27)38(29)45-47(40)46(44(37)51-49(42)48(41)50(43)52(45)51)39(28)53(54)57-55(56)30-20(2)9-8-10-21(30)3/h8-18,53-54H,6-7,19H2,1-5H3. The van der Waals surface area contributed by atoms with Gasteiger partial charge in [0.25, 0.3) is 0 Å². The van der Waals surface area contributed by atoms with E-state index in [2.05, 4.69) is 68.5 Å². The molecule has 4 heteroatoms. The van der Waals surface area contributed by atoms with Gasteiger partial charge in [-0.25, -0.2) is 4.79 Å². The minimum Gasteiger partial charge on any atom is -0.451 e. The van der Waals surface area contributed by atoms with Crippen molar-refractivity contribution in [1.29, 1.82) is 0 Å². The molecule has 276 valence electrons. The van der Waals surface area contributed by atoms with Crippen LogP contribution in [0.25, 0.3) is 151 Å². The van der Waals surface area contributed by atoms with Crippen LogP contribution in [-0.4, -0.2) is 14.3 Å². The Balaban J connectivity index is 1.17. The summed E-state index contributed by atoms with van der Waals surface area (Å²) in [6.07, 6.45) is 1.20. The first-order valence-corrected chi connectivity index (χ1v) is 24.8. The number of fused-ring (bicyclic) bond motifs is 5. The minimum absolute atomic E-state index is 0.258. The highest BCUT2D eigenvalue weighted by molar-refractivity contribution is 6.72. The number of esters is 1. The molecule has 0 saturated heterocycles. The van der Waals surface area contributed by atoms with E-state index in [0.29, 0.717) is 5.56 Å². The number of hydrogen-bond acceptors (Lipinski definition) is 3. The van der Waals surface area contributed by atoms with Gasteiger partial charge in [-0.2, -0.15) is 0 Å². The third kappa shape index (κ3) is 2.73. The molecular weight excluding hydrogens is 737 g/mol. The molecule has 0 bridgehead atoms. The van der Waals surface area contributed by atoms with Crippen molar-refractivity contribution in [2.24, 2.45) is 0 Å². The van der Waals surface area contributed by atoms with Crippen LogP contribution in [0.4, 0.5) is 0 Å². The normalized spacial score (nSPS) is 17.6. The van der Waals surface area contributed by atoms with Crippen molar-refractivity contribution in [3.8, 4) is 0 Å². The van der Waals surface area contributed by atoms with Crippen LogP contribution < -0.4 is 0 Å². The quantitative estimate of drug-likeness (QED) is 0.0920. The summed E-state index contributed by atoms with van der Waals surface area (Å²) < 4.78 is 15.0. The number of unbranched alkanes of at least 4 members (excludes halogenated alkanes) is 1. The SMILES string of the molecule is CCCC[Si](C)(C)OC1c2c3ccc4c5ccc6c7ccc8c9ccc%10c(c%11c2c2c3c4c3c5c6c4c7c8c5c9c%10c%11c6c2c3c4c56)C1OC(=O)c1c(C)cccc1C. The summed E-state index contributed by atoms with van der Waals surface area (Å²) in [6.45, 7) is 11.1. The van der Waals surface area contributed by atoms with Crippen LogP contribution in [0, 0.1) is 13.8 Å². The van der Waals surface area contributed by atoms with Gasteiger partial charge in [-0.15, -0.1) is 0 Å². The summed E-state index contributed by atoms with van der Waals surface area (Å²) in [5.41, 5.74) is 4.96. The molecular formula is C55H34O3Si. The largest absolute Gasteiger partial charge is 0.451 e. The second-order valence-corrected chi connectivity index (χ2v) is 23.7. The minimum atomic E-state index is -2.29. The molecule has 0 spiro atoms. The number of hydrogen-bond donors (Lipinski definition) is 0. The van der Waals surface area contributed by atoms with Gasteiger partial charge in [0.1, 0.15) is 6.10 Å². The average Bonchev–Trinajstić information content (AvgIpc) is 4.05. The molecule has 0 amide bonds. The Bertz CT molecular complexity index is 4400. The summed E-state index contributed by atoms with van der Waals surface area (Å²) in [5.74, 6) is -0.258. The van der Waals surface area contributed by atoms with Gasteiger partial charge >= 0.3 is 5.97 Å². The molecule has 0 aliphatic heterocycles. The van der Waals surface area contributed by atoms with Gasteiger partial charge in [-0.3, -0.25) is 0 Å². The van der Waals surface area contributed by atoms with Crippen LogP contribution in [0.3, 0.4) is 0 Å². The van der Waals surface area contributed by atoms with Crippen molar-refractivity contribution in [2.75, 3.05) is 0 Å². The Morgan fingerprint density at radius 2 is 0.814 bits per heavy atom. The maximum atomic E-state index is 15.0. The first-order chi connectivity index (χ1) is 28.8. The van der Waals surface area contributed by atoms with Crippen LogP contribution in [0.5, 0.6) is 0 Å². The summed E-state index contributed by atoms with van der Waals surface area (Å²) in [5, 5.41) is 39.4. The third-order valence-electron chi connectivity index (χ3n) is 16.4. The zero-order chi connectivity index (χ0) is 38.6. The van der Waals surface area contributed by atoms with E-state index in [0.717, 1.165) is 35.6 Å². The second-order valence-electron chi connectivity index (χ2n) is 19.5. The van der Waals surface area contributed by atoms with E-state index in [9.17, 15) is 4.79 Å².